The summed E-state index contributed by atoms with van der Waals surface area (Å²) in [5.74, 6) is 0.495. The number of hydrogen-bond donors (Lipinski definition) is 1. The number of aliphatic hydroxyl groups is 1. The minimum Gasteiger partial charge on any atom is -0.396 e. The summed E-state index contributed by atoms with van der Waals surface area (Å²) in [6, 6.07) is 0. The second-order valence-electron chi connectivity index (χ2n) is 2.09. The first kappa shape index (κ1) is 5.04. The van der Waals surface area contributed by atoms with Crippen molar-refractivity contribution >= 4 is 0 Å². The van der Waals surface area contributed by atoms with Gasteiger partial charge in [0.1, 0.15) is 0 Å². The summed E-state index contributed by atoms with van der Waals surface area (Å²) in [5.41, 5.74) is 0. The molecule has 1 aliphatic rings. The van der Waals surface area contributed by atoms with Crippen LogP contribution in [0.3, 0.4) is 0 Å². The third kappa shape index (κ3) is 0.911. The zero-order chi connectivity index (χ0) is 5.28. The Hall–Kier alpha value is -0.110. The molecule has 1 fully saturated rings. The summed E-state index contributed by atoms with van der Waals surface area (Å²) in [6.07, 6.45) is 0.896. The summed E-state index contributed by atoms with van der Waals surface area (Å²) in [6.45, 7) is -0.0696. The van der Waals surface area contributed by atoms with E-state index in [1.165, 1.54) is 0 Å². The zero-order valence-corrected chi connectivity index (χ0v) is 4.10. The zero-order valence-electron chi connectivity index (χ0n) is 4.10. The molecule has 0 radical (unpaired) electrons. The Balaban J connectivity index is 2.06. The monoisotopic (exact) mass is 104 g/mol. The maximum Gasteiger partial charge on any atom is 0.0926 e. The highest BCUT2D eigenvalue weighted by Gasteiger charge is 2.35. The number of halogens is 1. The van der Waals surface area contributed by atoms with Crippen LogP contribution in [0, 0.1) is 11.8 Å². The van der Waals surface area contributed by atoms with Crippen LogP contribution in [0.4, 0.5) is 4.39 Å². The Kier molecular flexibility index (Phi) is 1.28. The average Bonchev–Trinajstić information content (AvgIpc) is 2.43. The molecule has 1 N–H and O–H groups in total. The molecular formula is C5H9FO. The van der Waals surface area contributed by atoms with Crippen molar-refractivity contribution in [2.24, 2.45) is 11.8 Å². The summed E-state index contributed by atoms with van der Waals surface area (Å²) >= 11 is 0. The van der Waals surface area contributed by atoms with E-state index >= 15 is 0 Å². The minimum atomic E-state index is -0.245. The Morgan fingerprint density at radius 3 is 2.43 bits per heavy atom. The van der Waals surface area contributed by atoms with E-state index in [9.17, 15) is 4.39 Å². The van der Waals surface area contributed by atoms with Gasteiger partial charge in [-0.1, -0.05) is 0 Å². The smallest absolute Gasteiger partial charge is 0.0926 e. The van der Waals surface area contributed by atoms with Crippen molar-refractivity contribution in [2.75, 3.05) is 13.3 Å². The first-order valence-corrected chi connectivity index (χ1v) is 2.55. The standard InChI is InChI=1S/C5H9FO/c6-2-4-1-5(4)3-7/h4-5,7H,1-3H2/t4-,5-/m0/s1. The largest absolute Gasteiger partial charge is 0.396 e. The normalized spacial score (nSPS) is 38.6. The Bertz CT molecular complexity index is 57.1. The molecule has 0 bridgehead atoms. The van der Waals surface area contributed by atoms with Crippen LogP contribution in [0.25, 0.3) is 0 Å². The molecule has 0 unspecified atom stereocenters. The van der Waals surface area contributed by atoms with Crippen molar-refractivity contribution in [3.05, 3.63) is 0 Å². The molecule has 0 aliphatic heterocycles. The van der Waals surface area contributed by atoms with Crippen LogP contribution in [0.1, 0.15) is 6.42 Å². The molecule has 0 amide bonds. The van der Waals surface area contributed by atoms with Crippen LogP contribution in [-0.2, 0) is 0 Å². The van der Waals surface area contributed by atoms with Crippen LogP contribution >= 0.6 is 0 Å². The first-order valence-electron chi connectivity index (χ1n) is 2.55. The molecule has 2 heteroatoms. The van der Waals surface area contributed by atoms with Gasteiger partial charge in [0.15, 0.2) is 0 Å². The van der Waals surface area contributed by atoms with Crippen molar-refractivity contribution in [3.63, 3.8) is 0 Å². The molecule has 1 nitrogen and oxygen atoms in total. The molecule has 0 aromatic heterocycles. The lowest BCUT2D eigenvalue weighted by Crippen LogP contribution is -1.88. The maximum absolute atomic E-state index is 11.5. The summed E-state index contributed by atoms with van der Waals surface area (Å²) in [4.78, 5) is 0. The SMILES string of the molecule is OC[C@@H]1C[C@H]1CF. The molecular weight excluding hydrogens is 95.1 g/mol. The Morgan fingerprint density at radius 1 is 1.57 bits per heavy atom. The van der Waals surface area contributed by atoms with Crippen LogP contribution in [0.5, 0.6) is 0 Å². The molecule has 42 valence electrons. The number of rotatable bonds is 2. The predicted molar refractivity (Wildman–Crippen MR) is 24.7 cm³/mol. The Labute approximate surface area is 42.2 Å². The van der Waals surface area contributed by atoms with Gasteiger partial charge in [-0.15, -0.1) is 0 Å². The van der Waals surface area contributed by atoms with Crippen molar-refractivity contribution in [1.82, 2.24) is 0 Å². The topological polar surface area (TPSA) is 20.2 Å². The Morgan fingerprint density at radius 2 is 2.29 bits per heavy atom. The lowest BCUT2D eigenvalue weighted by Gasteiger charge is -1.83. The summed E-state index contributed by atoms with van der Waals surface area (Å²) in [7, 11) is 0. The van der Waals surface area contributed by atoms with Crippen LogP contribution in [0.15, 0.2) is 0 Å². The van der Waals surface area contributed by atoms with Gasteiger partial charge < -0.3 is 5.11 Å². The van der Waals surface area contributed by atoms with Crippen LogP contribution in [-0.4, -0.2) is 18.4 Å². The van der Waals surface area contributed by atoms with Gasteiger partial charge in [0.25, 0.3) is 0 Å². The molecule has 7 heavy (non-hydrogen) atoms. The van der Waals surface area contributed by atoms with Gasteiger partial charge in [0.2, 0.25) is 0 Å². The van der Waals surface area contributed by atoms with E-state index in [1.54, 1.807) is 0 Å². The van der Waals surface area contributed by atoms with Gasteiger partial charge >= 0.3 is 0 Å². The van der Waals surface area contributed by atoms with E-state index in [4.69, 9.17) is 5.11 Å². The molecule has 2 atom stereocenters. The van der Waals surface area contributed by atoms with Gasteiger partial charge in [-0.3, -0.25) is 4.39 Å². The van der Waals surface area contributed by atoms with Crippen molar-refractivity contribution in [1.29, 1.82) is 0 Å². The van der Waals surface area contributed by atoms with Crippen molar-refractivity contribution in [3.8, 4) is 0 Å². The molecule has 1 aliphatic carbocycles. The molecule has 1 saturated carbocycles. The van der Waals surface area contributed by atoms with E-state index in [0.717, 1.165) is 6.42 Å². The third-order valence-electron chi connectivity index (χ3n) is 1.50. The quantitative estimate of drug-likeness (QED) is 0.543. The average molecular weight is 104 g/mol. The summed E-state index contributed by atoms with van der Waals surface area (Å²) in [5, 5.41) is 8.34. The lowest BCUT2D eigenvalue weighted by atomic mass is 10.4. The van der Waals surface area contributed by atoms with Crippen LogP contribution in [0.2, 0.25) is 0 Å². The predicted octanol–water partition coefficient (Wildman–Crippen LogP) is 0.584. The molecule has 1 rings (SSSR count). The van der Waals surface area contributed by atoms with E-state index in [2.05, 4.69) is 0 Å². The fraction of sp³-hybridized carbons (Fsp3) is 1.00. The van der Waals surface area contributed by atoms with Crippen molar-refractivity contribution in [2.45, 2.75) is 6.42 Å². The second-order valence-corrected chi connectivity index (χ2v) is 2.09. The van der Waals surface area contributed by atoms with E-state index in [1.807, 2.05) is 0 Å². The van der Waals surface area contributed by atoms with Crippen LogP contribution < -0.4 is 0 Å². The highest BCUT2D eigenvalue weighted by atomic mass is 19.1. The molecule has 0 aromatic carbocycles. The highest BCUT2D eigenvalue weighted by Crippen LogP contribution is 2.37. The maximum atomic E-state index is 11.5. The van der Waals surface area contributed by atoms with E-state index in [0.29, 0.717) is 5.92 Å². The third-order valence-corrected chi connectivity index (χ3v) is 1.50. The van der Waals surface area contributed by atoms with Gasteiger partial charge in [0, 0.05) is 6.61 Å². The summed E-state index contributed by atoms with van der Waals surface area (Å²) < 4.78 is 11.5. The second kappa shape index (κ2) is 1.78. The fourth-order valence-electron chi connectivity index (χ4n) is 0.723. The molecule has 0 saturated heterocycles. The number of alkyl halides is 1. The fourth-order valence-corrected chi connectivity index (χ4v) is 0.723. The van der Waals surface area contributed by atoms with E-state index < -0.39 is 0 Å². The van der Waals surface area contributed by atoms with Gasteiger partial charge in [-0.05, 0) is 18.3 Å². The lowest BCUT2D eigenvalue weighted by molar-refractivity contribution is 0.262. The van der Waals surface area contributed by atoms with E-state index in [-0.39, 0.29) is 19.2 Å². The molecule has 0 spiro atoms. The molecule has 0 heterocycles. The number of aliphatic hydroxyl groups excluding tert-OH is 1. The highest BCUT2D eigenvalue weighted by molar-refractivity contribution is 4.84. The van der Waals surface area contributed by atoms with Gasteiger partial charge in [-0.25, -0.2) is 0 Å². The minimum absolute atomic E-state index is 0.175. The van der Waals surface area contributed by atoms with Gasteiger partial charge in [-0.2, -0.15) is 0 Å². The molecule has 0 aromatic rings. The first-order chi connectivity index (χ1) is 3.38. The number of hydrogen-bond acceptors (Lipinski definition) is 1. The van der Waals surface area contributed by atoms with Gasteiger partial charge in [0.05, 0.1) is 6.67 Å². The van der Waals surface area contributed by atoms with Crippen molar-refractivity contribution < 1.29 is 9.50 Å².